The first-order chi connectivity index (χ1) is 16.2. The Kier molecular flexibility index (Phi) is 8.85. The average molecular weight is 482 g/mol. The van der Waals surface area contributed by atoms with Gasteiger partial charge in [-0.2, -0.15) is 0 Å². The van der Waals surface area contributed by atoms with Crippen molar-refractivity contribution in [1.82, 2.24) is 9.88 Å². The minimum atomic E-state index is -0.214. The summed E-state index contributed by atoms with van der Waals surface area (Å²) in [5.41, 5.74) is 4.09. The van der Waals surface area contributed by atoms with Crippen LogP contribution in [0, 0.1) is 6.92 Å². The van der Waals surface area contributed by atoms with E-state index in [0.717, 1.165) is 39.9 Å². The Balaban J connectivity index is 1.70. The molecule has 1 unspecified atom stereocenters. The van der Waals surface area contributed by atoms with Gasteiger partial charge in [0.2, 0.25) is 5.91 Å². The summed E-state index contributed by atoms with van der Waals surface area (Å²) in [4.78, 5) is 29.2. The number of rotatable bonds is 10. The number of carbonyl (C=O) groups excluding carboxylic acids is 1. The number of nitrogens with one attached hydrogen (secondary N) is 2. The number of likely N-dealkylation sites (N-methyl/N-ethyl adjacent to an activating group) is 1. The Morgan fingerprint density at radius 3 is 2.62 bits per heavy atom. The molecule has 0 saturated heterocycles. The third-order valence-electron chi connectivity index (χ3n) is 5.14. The van der Waals surface area contributed by atoms with Gasteiger partial charge in [0.1, 0.15) is 18.1 Å². The molecule has 1 amide bonds. The van der Waals surface area contributed by atoms with E-state index in [2.05, 4.69) is 24.4 Å². The van der Waals surface area contributed by atoms with E-state index in [4.69, 9.17) is 9.47 Å². The van der Waals surface area contributed by atoms with E-state index in [1.807, 2.05) is 64.3 Å². The highest BCUT2D eigenvalue weighted by atomic mass is 31.0. The lowest BCUT2D eigenvalue weighted by Crippen LogP contribution is -2.20. The number of carbonyl (C=O) groups is 1. The SMILES string of the molecule is CCOc1cc(=O)[nH]cc1-c1ccc(CC(=O)Nc2cc(C)cc(OCCN(C)C)c2)c(P)c1. The van der Waals surface area contributed by atoms with Gasteiger partial charge in [0.25, 0.3) is 5.56 Å². The van der Waals surface area contributed by atoms with Crippen LogP contribution in [0.4, 0.5) is 5.69 Å². The van der Waals surface area contributed by atoms with Gasteiger partial charge in [-0.25, -0.2) is 0 Å². The van der Waals surface area contributed by atoms with E-state index in [1.165, 1.54) is 6.07 Å². The van der Waals surface area contributed by atoms with Crippen LogP contribution in [-0.2, 0) is 11.2 Å². The summed E-state index contributed by atoms with van der Waals surface area (Å²) in [5, 5.41) is 3.88. The molecule has 1 aromatic heterocycles. The van der Waals surface area contributed by atoms with E-state index in [0.29, 0.717) is 24.7 Å². The average Bonchev–Trinajstić information content (AvgIpc) is 2.75. The molecule has 0 fully saturated rings. The summed E-state index contributed by atoms with van der Waals surface area (Å²) in [6.45, 7) is 5.70. The summed E-state index contributed by atoms with van der Waals surface area (Å²) in [6.07, 6.45) is 1.88. The van der Waals surface area contributed by atoms with Crippen molar-refractivity contribution in [3.05, 3.63) is 70.1 Å². The Bertz CT molecular complexity index is 1210. The van der Waals surface area contributed by atoms with E-state index in [9.17, 15) is 9.59 Å². The summed E-state index contributed by atoms with van der Waals surface area (Å²) in [5.74, 6) is 1.16. The fourth-order valence-electron chi connectivity index (χ4n) is 3.50. The standard InChI is InChI=1S/C26H32N3O4P/c1-5-32-23-15-25(30)27-16-22(23)18-6-7-19(24(34)12-18)13-26(31)28-20-10-17(2)11-21(14-20)33-9-8-29(3)4/h6-7,10-12,14-16H,5,8-9,13,34H2,1-4H3,(H,27,30)(H,28,31). The first-order valence-corrected chi connectivity index (χ1v) is 11.8. The molecule has 2 aromatic carbocycles. The molecular formula is C26H32N3O4P. The zero-order valence-corrected chi connectivity index (χ0v) is 21.3. The number of benzene rings is 2. The third-order valence-corrected chi connectivity index (χ3v) is 5.67. The number of H-pyrrole nitrogens is 1. The molecule has 3 rings (SSSR count). The number of aromatic amines is 1. The fourth-order valence-corrected chi connectivity index (χ4v) is 3.88. The van der Waals surface area contributed by atoms with Crippen molar-refractivity contribution < 1.29 is 14.3 Å². The molecule has 0 bridgehead atoms. The molecule has 2 N–H and O–H groups in total. The summed E-state index contributed by atoms with van der Waals surface area (Å²) in [7, 11) is 6.68. The van der Waals surface area contributed by atoms with Crippen LogP contribution in [0.25, 0.3) is 11.1 Å². The van der Waals surface area contributed by atoms with Crippen molar-refractivity contribution in [3.8, 4) is 22.6 Å². The molecule has 1 heterocycles. The number of hydrogen-bond acceptors (Lipinski definition) is 5. The lowest BCUT2D eigenvalue weighted by atomic mass is 10.0. The number of pyridine rings is 1. The lowest BCUT2D eigenvalue weighted by Gasteiger charge is -2.14. The number of amides is 1. The number of aryl methyl sites for hydroxylation is 1. The Labute approximate surface area is 202 Å². The molecule has 0 saturated carbocycles. The maximum Gasteiger partial charge on any atom is 0.251 e. The minimum Gasteiger partial charge on any atom is -0.493 e. The molecule has 3 aromatic rings. The van der Waals surface area contributed by atoms with E-state index in [1.54, 1.807) is 6.20 Å². The highest BCUT2D eigenvalue weighted by Crippen LogP contribution is 2.28. The molecule has 0 aliphatic rings. The van der Waals surface area contributed by atoms with E-state index in [-0.39, 0.29) is 17.9 Å². The van der Waals surface area contributed by atoms with Crippen LogP contribution in [0.3, 0.4) is 0 Å². The highest BCUT2D eigenvalue weighted by molar-refractivity contribution is 7.27. The number of ether oxygens (including phenoxy) is 2. The smallest absolute Gasteiger partial charge is 0.251 e. The highest BCUT2D eigenvalue weighted by Gasteiger charge is 2.12. The topological polar surface area (TPSA) is 83.7 Å². The monoisotopic (exact) mass is 481 g/mol. The fraction of sp³-hybridized carbons (Fsp3) is 0.308. The van der Waals surface area contributed by atoms with Crippen LogP contribution in [0.2, 0.25) is 0 Å². The first kappa shape index (κ1) is 25.5. The van der Waals surface area contributed by atoms with Gasteiger partial charge in [-0.3, -0.25) is 9.59 Å². The van der Waals surface area contributed by atoms with Crippen molar-refractivity contribution in [2.75, 3.05) is 39.2 Å². The van der Waals surface area contributed by atoms with Crippen molar-refractivity contribution >= 4 is 26.1 Å². The van der Waals surface area contributed by atoms with Crippen LogP contribution in [0.15, 0.2) is 53.5 Å². The van der Waals surface area contributed by atoms with Crippen molar-refractivity contribution in [1.29, 1.82) is 0 Å². The second-order valence-electron chi connectivity index (χ2n) is 8.33. The van der Waals surface area contributed by atoms with Gasteiger partial charge in [-0.05, 0) is 68.1 Å². The van der Waals surface area contributed by atoms with E-state index >= 15 is 0 Å². The largest absolute Gasteiger partial charge is 0.493 e. The molecule has 0 aliphatic carbocycles. The van der Waals surface area contributed by atoms with Crippen LogP contribution in [0.5, 0.6) is 11.5 Å². The summed E-state index contributed by atoms with van der Waals surface area (Å²) < 4.78 is 11.4. The van der Waals surface area contributed by atoms with Gasteiger partial charge >= 0.3 is 0 Å². The van der Waals surface area contributed by atoms with Gasteiger partial charge in [0.15, 0.2) is 0 Å². The van der Waals surface area contributed by atoms with Crippen LogP contribution >= 0.6 is 9.24 Å². The minimum absolute atomic E-state index is 0.111. The van der Waals surface area contributed by atoms with Gasteiger partial charge in [0.05, 0.1) is 13.0 Å². The summed E-state index contributed by atoms with van der Waals surface area (Å²) in [6, 6.07) is 13.0. The second kappa shape index (κ2) is 11.8. The Morgan fingerprint density at radius 2 is 1.91 bits per heavy atom. The first-order valence-electron chi connectivity index (χ1n) is 11.2. The molecule has 180 valence electrons. The second-order valence-corrected chi connectivity index (χ2v) is 8.96. The quantitative estimate of drug-likeness (QED) is 0.434. The molecule has 34 heavy (non-hydrogen) atoms. The van der Waals surface area contributed by atoms with Crippen molar-refractivity contribution in [3.63, 3.8) is 0 Å². The van der Waals surface area contributed by atoms with Crippen LogP contribution in [0.1, 0.15) is 18.1 Å². The lowest BCUT2D eigenvalue weighted by molar-refractivity contribution is -0.115. The molecule has 0 radical (unpaired) electrons. The maximum atomic E-state index is 12.8. The predicted octanol–water partition coefficient (Wildman–Crippen LogP) is 3.37. The Hall–Kier alpha value is -3.15. The van der Waals surface area contributed by atoms with Gasteiger partial charge < -0.3 is 24.7 Å². The molecule has 7 nitrogen and oxygen atoms in total. The summed E-state index contributed by atoms with van der Waals surface area (Å²) >= 11 is 0. The number of hydrogen-bond donors (Lipinski definition) is 2. The number of anilines is 1. The van der Waals surface area contributed by atoms with Gasteiger partial charge in [-0.15, -0.1) is 9.24 Å². The molecular weight excluding hydrogens is 449 g/mol. The van der Waals surface area contributed by atoms with Crippen LogP contribution < -0.4 is 25.7 Å². The Morgan fingerprint density at radius 1 is 1.12 bits per heavy atom. The zero-order valence-electron chi connectivity index (χ0n) is 20.1. The van der Waals surface area contributed by atoms with Gasteiger partial charge in [-0.1, -0.05) is 12.1 Å². The number of nitrogens with zero attached hydrogens (tertiary/aromatic N) is 1. The predicted molar refractivity (Wildman–Crippen MR) is 141 cm³/mol. The van der Waals surface area contributed by atoms with E-state index < -0.39 is 0 Å². The molecule has 1 atom stereocenters. The van der Waals surface area contributed by atoms with Crippen LogP contribution in [-0.4, -0.2) is 49.6 Å². The normalized spacial score (nSPS) is 10.9. The number of aromatic nitrogens is 1. The van der Waals surface area contributed by atoms with Gasteiger partial charge in [0, 0.05) is 36.1 Å². The zero-order chi connectivity index (χ0) is 24.7. The molecule has 0 aliphatic heterocycles. The molecule has 0 spiro atoms. The molecule has 8 heteroatoms. The maximum absolute atomic E-state index is 12.8. The van der Waals surface area contributed by atoms with Crippen molar-refractivity contribution in [2.45, 2.75) is 20.3 Å². The van der Waals surface area contributed by atoms with Crippen molar-refractivity contribution in [2.24, 2.45) is 0 Å². The third kappa shape index (κ3) is 7.17.